The Morgan fingerprint density at radius 3 is 2.56 bits per heavy atom. The maximum atomic E-state index is 11.2. The number of hydrogen-bond acceptors (Lipinski definition) is 6. The zero-order valence-corrected chi connectivity index (χ0v) is 11.7. The van der Waals surface area contributed by atoms with E-state index in [9.17, 15) is 4.79 Å². The molecular formula is C11H19N5OS. The Kier molecular flexibility index (Phi) is 6.27. The van der Waals surface area contributed by atoms with Crippen LogP contribution in [0.3, 0.4) is 0 Å². The zero-order chi connectivity index (χ0) is 13.4. The lowest BCUT2D eigenvalue weighted by Crippen LogP contribution is -2.26. The van der Waals surface area contributed by atoms with Crippen LogP contribution >= 0.6 is 11.8 Å². The molecule has 6 nitrogen and oxygen atoms in total. The van der Waals surface area contributed by atoms with Crippen molar-refractivity contribution in [1.82, 2.24) is 15.3 Å². The van der Waals surface area contributed by atoms with Crippen LogP contribution in [0.2, 0.25) is 0 Å². The lowest BCUT2D eigenvalue weighted by atomic mass is 10.4. The summed E-state index contributed by atoms with van der Waals surface area (Å²) >= 11 is 1.47. The van der Waals surface area contributed by atoms with Crippen molar-refractivity contribution in [2.24, 2.45) is 0 Å². The molecule has 7 heteroatoms. The van der Waals surface area contributed by atoms with Gasteiger partial charge >= 0.3 is 0 Å². The molecule has 0 aliphatic rings. The zero-order valence-electron chi connectivity index (χ0n) is 10.9. The largest absolute Gasteiger partial charge is 0.370 e. The van der Waals surface area contributed by atoms with E-state index < -0.39 is 0 Å². The number of nitrogens with zero attached hydrogens (tertiary/aromatic N) is 2. The lowest BCUT2D eigenvalue weighted by molar-refractivity contribution is -0.118. The van der Waals surface area contributed by atoms with Crippen molar-refractivity contribution in [2.45, 2.75) is 18.5 Å². The third kappa shape index (κ3) is 4.79. The maximum Gasteiger partial charge on any atom is 0.239 e. The van der Waals surface area contributed by atoms with Crippen molar-refractivity contribution in [2.75, 3.05) is 37.0 Å². The van der Waals surface area contributed by atoms with Gasteiger partial charge in [0.05, 0.1) is 6.54 Å². The summed E-state index contributed by atoms with van der Waals surface area (Å²) in [5.74, 6) is 1.34. The van der Waals surface area contributed by atoms with Crippen molar-refractivity contribution < 1.29 is 4.79 Å². The lowest BCUT2D eigenvalue weighted by Gasteiger charge is -2.09. The van der Waals surface area contributed by atoms with E-state index in [0.717, 1.165) is 18.8 Å². The maximum absolute atomic E-state index is 11.2. The summed E-state index contributed by atoms with van der Waals surface area (Å²) in [5.41, 5.74) is 0. The number of likely N-dealkylation sites (N-methyl/N-ethyl adjacent to an activating group) is 1. The second-order valence-electron chi connectivity index (χ2n) is 3.58. The van der Waals surface area contributed by atoms with Gasteiger partial charge in [-0.3, -0.25) is 4.79 Å². The van der Waals surface area contributed by atoms with E-state index in [1.807, 2.05) is 6.26 Å². The Labute approximate surface area is 111 Å². The molecule has 0 saturated carbocycles. The van der Waals surface area contributed by atoms with Crippen LogP contribution in [0.5, 0.6) is 0 Å². The molecule has 0 aliphatic carbocycles. The molecule has 1 heterocycles. The summed E-state index contributed by atoms with van der Waals surface area (Å²) in [7, 11) is 1.60. The third-order valence-electron chi connectivity index (χ3n) is 2.15. The Morgan fingerprint density at radius 1 is 1.33 bits per heavy atom. The molecular weight excluding hydrogens is 250 g/mol. The molecule has 18 heavy (non-hydrogen) atoms. The van der Waals surface area contributed by atoms with Crippen molar-refractivity contribution in [3.63, 3.8) is 0 Å². The van der Waals surface area contributed by atoms with Crippen molar-refractivity contribution >= 4 is 29.3 Å². The van der Waals surface area contributed by atoms with Crippen LogP contribution in [-0.2, 0) is 4.79 Å². The van der Waals surface area contributed by atoms with Gasteiger partial charge in [-0.2, -0.15) is 0 Å². The van der Waals surface area contributed by atoms with E-state index in [1.54, 1.807) is 13.1 Å². The Morgan fingerprint density at radius 2 is 2.00 bits per heavy atom. The van der Waals surface area contributed by atoms with E-state index >= 15 is 0 Å². The van der Waals surface area contributed by atoms with Gasteiger partial charge in [0.1, 0.15) is 11.6 Å². The van der Waals surface area contributed by atoms with Crippen LogP contribution in [0.25, 0.3) is 0 Å². The smallest absolute Gasteiger partial charge is 0.239 e. The molecule has 0 fully saturated rings. The molecule has 1 amide bonds. The highest BCUT2D eigenvalue weighted by Crippen LogP contribution is 2.17. The van der Waals surface area contributed by atoms with Crippen LogP contribution in [0.15, 0.2) is 11.2 Å². The molecule has 100 valence electrons. The Hall–Kier alpha value is -1.50. The van der Waals surface area contributed by atoms with E-state index in [4.69, 9.17) is 0 Å². The highest BCUT2D eigenvalue weighted by molar-refractivity contribution is 7.98. The number of amides is 1. The fraction of sp³-hybridized carbons (Fsp3) is 0.545. The quantitative estimate of drug-likeness (QED) is 0.509. The first-order valence-electron chi connectivity index (χ1n) is 5.81. The van der Waals surface area contributed by atoms with Crippen molar-refractivity contribution in [1.29, 1.82) is 0 Å². The standard InChI is InChI=1S/C11H19N5OS/c1-4-5-13-8-6-9(14-7-10(17)12-2)16-11(15-8)18-3/h6H,4-5,7H2,1-3H3,(H,12,17)(H2,13,14,15,16). The number of hydrogen-bond donors (Lipinski definition) is 3. The van der Waals surface area contributed by atoms with Gasteiger partial charge in [0, 0.05) is 19.7 Å². The monoisotopic (exact) mass is 269 g/mol. The van der Waals surface area contributed by atoms with Gasteiger partial charge in [-0.05, 0) is 12.7 Å². The van der Waals surface area contributed by atoms with Crippen molar-refractivity contribution in [3.05, 3.63) is 6.07 Å². The number of carbonyl (C=O) groups is 1. The molecule has 0 aromatic carbocycles. The second kappa shape index (κ2) is 7.75. The van der Waals surface area contributed by atoms with E-state index in [-0.39, 0.29) is 12.5 Å². The minimum atomic E-state index is -0.0811. The number of rotatable bonds is 7. The summed E-state index contributed by atoms with van der Waals surface area (Å²) < 4.78 is 0. The first-order valence-corrected chi connectivity index (χ1v) is 7.03. The highest BCUT2D eigenvalue weighted by Gasteiger charge is 2.05. The van der Waals surface area contributed by atoms with Gasteiger partial charge in [-0.15, -0.1) is 0 Å². The molecule has 3 N–H and O–H groups in total. The van der Waals surface area contributed by atoms with Gasteiger partial charge < -0.3 is 16.0 Å². The molecule has 0 spiro atoms. The number of anilines is 2. The summed E-state index contributed by atoms with van der Waals surface area (Å²) in [4.78, 5) is 19.8. The molecule has 1 aromatic heterocycles. The highest BCUT2D eigenvalue weighted by atomic mass is 32.2. The molecule has 0 saturated heterocycles. The molecule has 0 aliphatic heterocycles. The van der Waals surface area contributed by atoms with Gasteiger partial charge in [0.25, 0.3) is 0 Å². The third-order valence-corrected chi connectivity index (χ3v) is 2.70. The summed E-state index contributed by atoms with van der Waals surface area (Å²) in [6.45, 7) is 3.16. The average molecular weight is 269 g/mol. The van der Waals surface area contributed by atoms with Gasteiger partial charge in [0.15, 0.2) is 5.16 Å². The molecule has 0 atom stereocenters. The fourth-order valence-corrected chi connectivity index (χ4v) is 1.59. The predicted molar refractivity (Wildman–Crippen MR) is 75.2 cm³/mol. The fourth-order valence-electron chi connectivity index (χ4n) is 1.21. The van der Waals surface area contributed by atoms with Gasteiger partial charge in [-0.25, -0.2) is 9.97 Å². The van der Waals surface area contributed by atoms with Crippen molar-refractivity contribution in [3.8, 4) is 0 Å². The van der Waals surface area contributed by atoms with Gasteiger partial charge in [0.2, 0.25) is 5.91 Å². The normalized spacial score (nSPS) is 9.94. The summed E-state index contributed by atoms with van der Waals surface area (Å²) in [6, 6.07) is 1.80. The Bertz CT molecular complexity index is 399. The van der Waals surface area contributed by atoms with Crippen LogP contribution in [0.4, 0.5) is 11.6 Å². The predicted octanol–water partition coefficient (Wildman–Crippen LogP) is 1.18. The molecule has 1 rings (SSSR count). The SMILES string of the molecule is CCCNc1cc(NCC(=O)NC)nc(SC)n1. The van der Waals surface area contributed by atoms with Crippen LogP contribution in [0, 0.1) is 0 Å². The van der Waals surface area contributed by atoms with Crippen LogP contribution < -0.4 is 16.0 Å². The number of carbonyl (C=O) groups excluding carboxylic acids is 1. The minimum absolute atomic E-state index is 0.0811. The Balaban J connectivity index is 2.73. The molecule has 0 unspecified atom stereocenters. The topological polar surface area (TPSA) is 78.9 Å². The van der Waals surface area contributed by atoms with E-state index in [2.05, 4.69) is 32.8 Å². The van der Waals surface area contributed by atoms with Gasteiger partial charge in [-0.1, -0.05) is 18.7 Å². The first kappa shape index (κ1) is 14.6. The van der Waals surface area contributed by atoms with Crippen LogP contribution in [-0.4, -0.2) is 42.3 Å². The molecule has 1 aromatic rings. The number of thioether (sulfide) groups is 1. The molecule has 0 bridgehead atoms. The number of nitrogens with one attached hydrogen (secondary N) is 3. The van der Waals surface area contributed by atoms with Crippen LogP contribution in [0.1, 0.15) is 13.3 Å². The second-order valence-corrected chi connectivity index (χ2v) is 4.35. The first-order chi connectivity index (χ1) is 8.69. The average Bonchev–Trinajstić information content (AvgIpc) is 2.42. The molecule has 0 radical (unpaired) electrons. The van der Waals surface area contributed by atoms with E-state index in [0.29, 0.717) is 11.0 Å². The number of aromatic nitrogens is 2. The van der Waals surface area contributed by atoms with E-state index in [1.165, 1.54) is 11.8 Å². The summed E-state index contributed by atoms with van der Waals surface area (Å²) in [5, 5.41) is 9.40. The summed E-state index contributed by atoms with van der Waals surface area (Å²) in [6.07, 6.45) is 2.95. The minimum Gasteiger partial charge on any atom is -0.370 e.